The van der Waals surface area contributed by atoms with E-state index in [0.717, 1.165) is 45.8 Å². The van der Waals surface area contributed by atoms with Gasteiger partial charge in [-0.05, 0) is 37.1 Å². The van der Waals surface area contributed by atoms with Gasteiger partial charge >= 0.3 is 0 Å². The highest BCUT2D eigenvalue weighted by Gasteiger charge is 2.19. The van der Waals surface area contributed by atoms with Gasteiger partial charge in [-0.15, -0.1) is 0 Å². The summed E-state index contributed by atoms with van der Waals surface area (Å²) in [5, 5.41) is 4.72. The normalized spacial score (nSPS) is 11.1. The van der Waals surface area contributed by atoms with Crippen molar-refractivity contribution in [1.82, 2.24) is 14.6 Å². The second-order valence-corrected chi connectivity index (χ2v) is 5.51. The molecule has 0 bridgehead atoms. The average Bonchev–Trinajstić information content (AvgIpc) is 2.96. The first-order valence-electron chi connectivity index (χ1n) is 7.68. The Labute approximate surface area is 135 Å². The van der Waals surface area contributed by atoms with Gasteiger partial charge in [-0.3, -0.25) is 4.98 Å². The van der Waals surface area contributed by atoms with E-state index in [4.69, 9.17) is 14.6 Å². The maximum absolute atomic E-state index is 5.69. The zero-order valence-electron chi connectivity index (χ0n) is 14.0. The highest BCUT2D eigenvalue weighted by Crippen LogP contribution is 2.37. The second kappa shape index (κ2) is 6.38. The minimum absolute atomic E-state index is 0.396. The SMILES string of the molecule is CCc1ccc2c(-c3cncc(C)c3)c(OC)c(COC)nn12. The van der Waals surface area contributed by atoms with E-state index in [-0.39, 0.29) is 0 Å². The number of hydrogen-bond donors (Lipinski definition) is 0. The van der Waals surface area contributed by atoms with Gasteiger partial charge in [0.05, 0.1) is 24.8 Å². The smallest absolute Gasteiger partial charge is 0.154 e. The number of fused-ring (bicyclic) bond motifs is 1. The van der Waals surface area contributed by atoms with E-state index < -0.39 is 0 Å². The lowest BCUT2D eigenvalue weighted by molar-refractivity contribution is 0.177. The number of pyridine rings is 1. The van der Waals surface area contributed by atoms with Crippen LogP contribution in [0, 0.1) is 6.92 Å². The summed E-state index contributed by atoms with van der Waals surface area (Å²) in [6, 6.07) is 6.30. The summed E-state index contributed by atoms with van der Waals surface area (Å²) < 4.78 is 13.0. The third-order valence-electron chi connectivity index (χ3n) is 3.91. The highest BCUT2D eigenvalue weighted by atomic mass is 16.5. The average molecular weight is 311 g/mol. The van der Waals surface area contributed by atoms with Gasteiger partial charge in [0.1, 0.15) is 5.69 Å². The Morgan fingerprint density at radius 1 is 1.17 bits per heavy atom. The highest BCUT2D eigenvalue weighted by molar-refractivity contribution is 5.86. The summed E-state index contributed by atoms with van der Waals surface area (Å²) in [6.45, 7) is 4.55. The van der Waals surface area contributed by atoms with Gasteiger partial charge < -0.3 is 9.47 Å². The van der Waals surface area contributed by atoms with Crippen molar-refractivity contribution in [2.24, 2.45) is 0 Å². The molecule has 3 rings (SSSR count). The van der Waals surface area contributed by atoms with Crippen molar-refractivity contribution in [1.29, 1.82) is 0 Å². The molecule has 5 heteroatoms. The van der Waals surface area contributed by atoms with Crippen molar-refractivity contribution in [3.05, 3.63) is 47.5 Å². The standard InChI is InChI=1S/C18H21N3O2/c1-5-14-6-7-16-17(13-8-12(2)9-19-10-13)18(23-4)15(11-22-3)20-21(14)16/h6-10H,5,11H2,1-4H3. The molecule has 5 nitrogen and oxygen atoms in total. The fourth-order valence-electron chi connectivity index (χ4n) is 2.89. The lowest BCUT2D eigenvalue weighted by Crippen LogP contribution is -2.07. The van der Waals surface area contributed by atoms with Gasteiger partial charge in [-0.2, -0.15) is 5.10 Å². The molecule has 0 saturated heterocycles. The van der Waals surface area contributed by atoms with Crippen LogP contribution in [0.4, 0.5) is 0 Å². The van der Waals surface area contributed by atoms with Gasteiger partial charge in [0.25, 0.3) is 0 Å². The molecule has 0 aliphatic rings. The lowest BCUT2D eigenvalue weighted by Gasteiger charge is -2.16. The molecule has 3 aromatic heterocycles. The van der Waals surface area contributed by atoms with Crippen LogP contribution in [0.2, 0.25) is 0 Å². The van der Waals surface area contributed by atoms with E-state index >= 15 is 0 Å². The Balaban J connectivity index is 2.38. The summed E-state index contributed by atoms with van der Waals surface area (Å²) in [6.07, 6.45) is 4.62. The third-order valence-corrected chi connectivity index (χ3v) is 3.91. The van der Waals surface area contributed by atoms with E-state index in [0.29, 0.717) is 6.61 Å². The van der Waals surface area contributed by atoms with Crippen LogP contribution in [-0.4, -0.2) is 28.8 Å². The summed E-state index contributed by atoms with van der Waals surface area (Å²) in [4.78, 5) is 4.33. The molecule has 0 amide bonds. The molecule has 0 atom stereocenters. The third kappa shape index (κ3) is 2.68. The molecule has 0 fully saturated rings. The molecule has 0 saturated carbocycles. The van der Waals surface area contributed by atoms with Crippen LogP contribution in [-0.2, 0) is 17.8 Å². The van der Waals surface area contributed by atoms with Crippen LogP contribution in [0.25, 0.3) is 16.6 Å². The number of methoxy groups -OCH3 is 2. The van der Waals surface area contributed by atoms with E-state index in [1.165, 1.54) is 0 Å². The molecule has 3 aromatic rings. The molecule has 0 unspecified atom stereocenters. The minimum Gasteiger partial charge on any atom is -0.494 e. The maximum Gasteiger partial charge on any atom is 0.154 e. The molecule has 0 aliphatic carbocycles. The fourth-order valence-corrected chi connectivity index (χ4v) is 2.89. The van der Waals surface area contributed by atoms with Crippen LogP contribution in [0.5, 0.6) is 5.75 Å². The summed E-state index contributed by atoms with van der Waals surface area (Å²) in [5.41, 5.74) is 6.09. The first-order valence-corrected chi connectivity index (χ1v) is 7.68. The lowest BCUT2D eigenvalue weighted by atomic mass is 10.0. The van der Waals surface area contributed by atoms with Gasteiger partial charge in [0.2, 0.25) is 0 Å². The first-order chi connectivity index (χ1) is 11.2. The summed E-state index contributed by atoms with van der Waals surface area (Å²) in [5.74, 6) is 0.743. The van der Waals surface area contributed by atoms with E-state index in [2.05, 4.69) is 30.1 Å². The van der Waals surface area contributed by atoms with E-state index in [1.807, 2.05) is 23.8 Å². The van der Waals surface area contributed by atoms with E-state index in [9.17, 15) is 0 Å². The molecule has 0 radical (unpaired) electrons. The molecule has 23 heavy (non-hydrogen) atoms. The topological polar surface area (TPSA) is 48.7 Å². The largest absolute Gasteiger partial charge is 0.494 e. The van der Waals surface area contributed by atoms with Crippen LogP contribution in [0.3, 0.4) is 0 Å². The van der Waals surface area contributed by atoms with Gasteiger partial charge in [0.15, 0.2) is 5.75 Å². The summed E-state index contributed by atoms with van der Waals surface area (Å²) >= 11 is 0. The van der Waals surface area contributed by atoms with Crippen LogP contribution < -0.4 is 4.74 Å². The van der Waals surface area contributed by atoms with Crippen LogP contribution in [0.15, 0.2) is 30.6 Å². The van der Waals surface area contributed by atoms with Crippen molar-refractivity contribution in [2.75, 3.05) is 14.2 Å². The molecule has 0 aliphatic heterocycles. The Bertz CT molecular complexity index is 840. The van der Waals surface area contributed by atoms with E-state index in [1.54, 1.807) is 14.2 Å². The molecule has 0 N–H and O–H groups in total. The molecule has 120 valence electrons. The number of ether oxygens (including phenoxy) is 2. The predicted octanol–water partition coefficient (Wildman–Crippen LogP) is 3.42. The fraction of sp³-hybridized carbons (Fsp3) is 0.333. The Morgan fingerprint density at radius 3 is 2.65 bits per heavy atom. The Morgan fingerprint density at radius 2 is 2.00 bits per heavy atom. The predicted molar refractivity (Wildman–Crippen MR) is 89.8 cm³/mol. The number of nitrogens with zero attached hydrogens (tertiary/aromatic N) is 3. The number of aromatic nitrogens is 3. The zero-order valence-corrected chi connectivity index (χ0v) is 14.0. The molecule has 0 spiro atoms. The molecular formula is C18H21N3O2. The van der Waals surface area contributed by atoms with Gasteiger partial charge in [0, 0.05) is 30.8 Å². The monoisotopic (exact) mass is 311 g/mol. The number of hydrogen-bond acceptors (Lipinski definition) is 4. The Kier molecular flexibility index (Phi) is 4.30. The molecule has 3 heterocycles. The van der Waals surface area contributed by atoms with Crippen molar-refractivity contribution >= 4 is 5.52 Å². The summed E-state index contributed by atoms with van der Waals surface area (Å²) in [7, 11) is 3.33. The molecular weight excluding hydrogens is 290 g/mol. The van der Waals surface area contributed by atoms with Gasteiger partial charge in [-0.25, -0.2) is 4.52 Å². The van der Waals surface area contributed by atoms with Crippen LogP contribution in [0.1, 0.15) is 23.9 Å². The number of aryl methyl sites for hydroxylation is 2. The van der Waals surface area contributed by atoms with Crippen LogP contribution >= 0.6 is 0 Å². The molecule has 0 aromatic carbocycles. The zero-order chi connectivity index (χ0) is 16.4. The van der Waals surface area contributed by atoms with Crippen molar-refractivity contribution in [3.63, 3.8) is 0 Å². The van der Waals surface area contributed by atoms with Crippen molar-refractivity contribution < 1.29 is 9.47 Å². The first kappa shape index (κ1) is 15.5. The Hall–Kier alpha value is -2.40. The van der Waals surface area contributed by atoms with Crippen molar-refractivity contribution in [3.8, 4) is 16.9 Å². The quantitative estimate of drug-likeness (QED) is 0.724. The minimum atomic E-state index is 0.396. The van der Waals surface area contributed by atoms with Gasteiger partial charge in [-0.1, -0.05) is 6.92 Å². The second-order valence-electron chi connectivity index (χ2n) is 5.51. The maximum atomic E-state index is 5.69. The van der Waals surface area contributed by atoms with Crippen molar-refractivity contribution in [2.45, 2.75) is 26.9 Å². The number of rotatable bonds is 5.